The number of nitro groups is 1. The minimum Gasteiger partial charge on any atom is -0.380 e. The summed E-state index contributed by atoms with van der Waals surface area (Å²) in [6, 6.07) is 4.95. The zero-order chi connectivity index (χ0) is 15.1. The van der Waals surface area contributed by atoms with Crippen molar-refractivity contribution in [1.29, 1.82) is 0 Å². The molecule has 7 heteroatoms. The molecule has 2 N–H and O–H groups in total. The van der Waals surface area contributed by atoms with Gasteiger partial charge in [0.1, 0.15) is 5.69 Å². The molecule has 7 nitrogen and oxygen atoms in total. The number of hydrogen-bond acceptors (Lipinski definition) is 5. The van der Waals surface area contributed by atoms with E-state index in [1.165, 1.54) is 6.07 Å². The van der Waals surface area contributed by atoms with Gasteiger partial charge in [-0.1, -0.05) is 6.07 Å². The van der Waals surface area contributed by atoms with Crippen LogP contribution in [0.4, 0.5) is 11.4 Å². The van der Waals surface area contributed by atoms with Crippen LogP contribution in [0.2, 0.25) is 0 Å². The smallest absolute Gasteiger partial charge is 0.292 e. The molecule has 20 heavy (non-hydrogen) atoms. The minimum atomic E-state index is -0.407. The Labute approximate surface area is 118 Å². The number of benzene rings is 1. The van der Waals surface area contributed by atoms with Crippen molar-refractivity contribution < 1.29 is 9.72 Å². The molecule has 0 bridgehead atoms. The van der Waals surface area contributed by atoms with Crippen LogP contribution in [0.1, 0.15) is 12.5 Å². The van der Waals surface area contributed by atoms with Gasteiger partial charge >= 0.3 is 0 Å². The lowest BCUT2D eigenvalue weighted by Crippen LogP contribution is -2.32. The highest BCUT2D eigenvalue weighted by atomic mass is 16.6. The second-order valence-electron chi connectivity index (χ2n) is 4.48. The molecule has 0 saturated heterocycles. The largest absolute Gasteiger partial charge is 0.380 e. The van der Waals surface area contributed by atoms with Crippen molar-refractivity contribution in [2.45, 2.75) is 13.5 Å². The molecule has 0 radical (unpaired) electrons. The molecule has 0 aliphatic heterocycles. The normalized spacial score (nSPS) is 10.4. The van der Waals surface area contributed by atoms with Gasteiger partial charge in [0.05, 0.1) is 11.5 Å². The molecule has 110 valence electrons. The Hall–Kier alpha value is -2.15. The summed E-state index contributed by atoms with van der Waals surface area (Å²) in [4.78, 5) is 23.6. The van der Waals surface area contributed by atoms with Crippen molar-refractivity contribution in [2.75, 3.05) is 32.5 Å². The van der Waals surface area contributed by atoms with Crippen molar-refractivity contribution in [2.24, 2.45) is 0 Å². The number of anilines is 1. The molecule has 1 aromatic rings. The first kappa shape index (κ1) is 15.9. The maximum absolute atomic E-state index is 11.3. The van der Waals surface area contributed by atoms with Gasteiger partial charge in [-0.3, -0.25) is 19.8 Å². The molecular weight excluding hydrogens is 260 g/mol. The highest BCUT2D eigenvalue weighted by Gasteiger charge is 2.14. The predicted molar refractivity (Wildman–Crippen MR) is 77.7 cm³/mol. The molecule has 0 unspecified atom stereocenters. The molecule has 0 spiro atoms. The molecule has 1 amide bonds. The first-order valence-corrected chi connectivity index (χ1v) is 6.38. The van der Waals surface area contributed by atoms with Gasteiger partial charge in [-0.15, -0.1) is 0 Å². The van der Waals surface area contributed by atoms with E-state index in [-0.39, 0.29) is 18.1 Å². The summed E-state index contributed by atoms with van der Waals surface area (Å²) in [5, 5.41) is 16.5. The number of rotatable bonds is 7. The van der Waals surface area contributed by atoms with Crippen LogP contribution in [0, 0.1) is 10.1 Å². The maximum Gasteiger partial charge on any atom is 0.292 e. The van der Waals surface area contributed by atoms with Crippen LogP contribution < -0.4 is 10.6 Å². The van der Waals surface area contributed by atoms with Crippen LogP contribution in [0.25, 0.3) is 0 Å². The van der Waals surface area contributed by atoms with E-state index in [1.54, 1.807) is 19.2 Å². The number of carbonyl (C=O) groups excluding carboxylic acids is 1. The van der Waals surface area contributed by atoms with Crippen LogP contribution in [0.15, 0.2) is 18.2 Å². The van der Waals surface area contributed by atoms with E-state index in [9.17, 15) is 14.9 Å². The molecular formula is C13H20N4O3. The summed E-state index contributed by atoms with van der Waals surface area (Å²) < 4.78 is 0. The van der Waals surface area contributed by atoms with Gasteiger partial charge in [0.2, 0.25) is 5.91 Å². The summed E-state index contributed by atoms with van der Waals surface area (Å²) in [6.45, 7) is 3.32. The van der Waals surface area contributed by atoms with Gasteiger partial charge in [0.25, 0.3) is 5.69 Å². The monoisotopic (exact) mass is 280 g/mol. The Morgan fingerprint density at radius 3 is 2.70 bits per heavy atom. The van der Waals surface area contributed by atoms with Crippen LogP contribution in [-0.4, -0.2) is 42.9 Å². The number of likely N-dealkylation sites (N-methyl/N-ethyl adjacent to an activating group) is 2. The zero-order valence-corrected chi connectivity index (χ0v) is 12.0. The first-order chi connectivity index (χ1) is 9.47. The molecule has 1 rings (SSSR count). The number of nitrogens with zero attached hydrogens (tertiary/aromatic N) is 2. The summed E-state index contributed by atoms with van der Waals surface area (Å²) in [5.74, 6) is -0.0682. The maximum atomic E-state index is 11.3. The van der Waals surface area contributed by atoms with Gasteiger partial charge < -0.3 is 10.6 Å². The molecule has 0 aromatic heterocycles. The third-order valence-corrected chi connectivity index (χ3v) is 2.77. The van der Waals surface area contributed by atoms with E-state index in [0.717, 1.165) is 5.56 Å². The fourth-order valence-electron chi connectivity index (χ4n) is 1.86. The third kappa shape index (κ3) is 4.51. The lowest BCUT2D eigenvalue weighted by atomic mass is 10.1. The van der Waals surface area contributed by atoms with Crippen molar-refractivity contribution in [1.82, 2.24) is 10.2 Å². The quantitative estimate of drug-likeness (QED) is 0.579. The third-order valence-electron chi connectivity index (χ3n) is 2.77. The predicted octanol–water partition coefficient (Wildman–Crippen LogP) is 1.20. The van der Waals surface area contributed by atoms with Gasteiger partial charge in [-0.05, 0) is 25.6 Å². The average Bonchev–Trinajstić information content (AvgIpc) is 2.38. The Morgan fingerprint density at radius 1 is 1.45 bits per heavy atom. The molecule has 0 aliphatic carbocycles. The lowest BCUT2D eigenvalue weighted by molar-refractivity contribution is -0.384. The lowest BCUT2D eigenvalue weighted by Gasteiger charge is -2.16. The van der Waals surface area contributed by atoms with E-state index in [0.29, 0.717) is 18.8 Å². The van der Waals surface area contributed by atoms with E-state index >= 15 is 0 Å². The number of nitro benzene ring substituents is 1. The second-order valence-corrected chi connectivity index (χ2v) is 4.48. The fourth-order valence-corrected chi connectivity index (χ4v) is 1.86. The summed E-state index contributed by atoms with van der Waals surface area (Å²) in [6.07, 6.45) is 0. The molecule has 1 aromatic carbocycles. The van der Waals surface area contributed by atoms with E-state index in [1.807, 2.05) is 18.9 Å². The Morgan fingerprint density at radius 2 is 2.15 bits per heavy atom. The van der Waals surface area contributed by atoms with Gasteiger partial charge in [0, 0.05) is 26.2 Å². The van der Waals surface area contributed by atoms with Crippen LogP contribution in [-0.2, 0) is 11.3 Å². The molecule has 0 heterocycles. The number of carbonyl (C=O) groups is 1. The summed E-state index contributed by atoms with van der Waals surface area (Å²) in [7, 11) is 3.41. The number of nitrogens with one attached hydrogen (secondary N) is 2. The van der Waals surface area contributed by atoms with Crippen LogP contribution >= 0.6 is 0 Å². The summed E-state index contributed by atoms with van der Waals surface area (Å²) >= 11 is 0. The molecule has 0 atom stereocenters. The van der Waals surface area contributed by atoms with Crippen LogP contribution in [0.3, 0.4) is 0 Å². The Kier molecular flexibility index (Phi) is 5.92. The van der Waals surface area contributed by atoms with Gasteiger partial charge in [-0.25, -0.2) is 0 Å². The van der Waals surface area contributed by atoms with Crippen molar-refractivity contribution in [3.8, 4) is 0 Å². The highest BCUT2D eigenvalue weighted by molar-refractivity contribution is 5.77. The minimum absolute atomic E-state index is 0.0598. The highest BCUT2D eigenvalue weighted by Crippen LogP contribution is 2.25. The van der Waals surface area contributed by atoms with Crippen molar-refractivity contribution >= 4 is 17.3 Å². The van der Waals surface area contributed by atoms with Crippen LogP contribution in [0.5, 0.6) is 0 Å². The Balaban J connectivity index is 2.83. The van der Waals surface area contributed by atoms with E-state index in [4.69, 9.17) is 0 Å². The van der Waals surface area contributed by atoms with Gasteiger partial charge in [-0.2, -0.15) is 0 Å². The van der Waals surface area contributed by atoms with E-state index < -0.39 is 4.92 Å². The van der Waals surface area contributed by atoms with Gasteiger partial charge in [0.15, 0.2) is 0 Å². The SMILES string of the molecule is CCNc1cc(CN(C)CC(=O)NC)ccc1[N+](=O)[O-]. The number of amides is 1. The zero-order valence-electron chi connectivity index (χ0n) is 12.0. The number of hydrogen-bond donors (Lipinski definition) is 2. The van der Waals surface area contributed by atoms with Crippen molar-refractivity contribution in [3.05, 3.63) is 33.9 Å². The Bertz CT molecular complexity index is 491. The molecule has 0 fully saturated rings. The van der Waals surface area contributed by atoms with Crippen molar-refractivity contribution in [3.63, 3.8) is 0 Å². The average molecular weight is 280 g/mol. The molecule has 0 aliphatic rings. The second kappa shape index (κ2) is 7.44. The fraction of sp³-hybridized carbons (Fsp3) is 0.462. The first-order valence-electron chi connectivity index (χ1n) is 6.38. The molecule has 0 saturated carbocycles. The standard InChI is InChI=1S/C13H20N4O3/c1-4-15-11-7-10(5-6-12(11)17(19)20)8-16(3)9-13(18)14-2/h5-7,15H,4,8-9H2,1-3H3,(H,14,18). The topological polar surface area (TPSA) is 87.5 Å². The summed E-state index contributed by atoms with van der Waals surface area (Å²) in [5.41, 5.74) is 1.48. The van der Waals surface area contributed by atoms with E-state index in [2.05, 4.69) is 10.6 Å².